The van der Waals surface area contributed by atoms with Crippen molar-refractivity contribution in [3.8, 4) is 0 Å². The Labute approximate surface area is 95.8 Å². The number of benzene rings is 1. The standard InChI is InChI=1S/C11H10F3NO2/c12-11(13,14)7-17-10(16)15-6-5-8-3-1-2-4-9(8)15/h1-4H,5-7H2. The molecule has 1 aromatic rings. The van der Waals surface area contributed by atoms with Crippen molar-refractivity contribution >= 4 is 11.8 Å². The van der Waals surface area contributed by atoms with Crippen molar-refractivity contribution in [3.05, 3.63) is 29.8 Å². The summed E-state index contributed by atoms with van der Waals surface area (Å²) in [5, 5.41) is 0. The molecule has 0 aromatic heterocycles. The third-order valence-corrected chi connectivity index (χ3v) is 2.47. The highest BCUT2D eigenvalue weighted by Gasteiger charge is 2.32. The molecule has 0 spiro atoms. The zero-order valence-electron chi connectivity index (χ0n) is 8.83. The Hall–Kier alpha value is -1.72. The lowest BCUT2D eigenvalue weighted by atomic mass is 10.2. The number of carbonyl (C=O) groups is 1. The molecule has 1 aliphatic heterocycles. The first-order valence-corrected chi connectivity index (χ1v) is 5.06. The molecule has 2 rings (SSSR count). The van der Waals surface area contributed by atoms with Gasteiger partial charge in [-0.3, -0.25) is 4.90 Å². The molecule has 6 heteroatoms. The van der Waals surface area contributed by atoms with Gasteiger partial charge in [0.2, 0.25) is 0 Å². The van der Waals surface area contributed by atoms with Crippen LogP contribution in [0.25, 0.3) is 0 Å². The maximum Gasteiger partial charge on any atom is 0.422 e. The second-order valence-corrected chi connectivity index (χ2v) is 3.70. The van der Waals surface area contributed by atoms with Crippen molar-refractivity contribution in [1.29, 1.82) is 0 Å². The van der Waals surface area contributed by atoms with Crippen LogP contribution in [0.3, 0.4) is 0 Å². The van der Waals surface area contributed by atoms with Crippen molar-refractivity contribution in [3.63, 3.8) is 0 Å². The Morgan fingerprint density at radius 3 is 2.76 bits per heavy atom. The predicted octanol–water partition coefficient (Wildman–Crippen LogP) is 2.75. The van der Waals surface area contributed by atoms with E-state index >= 15 is 0 Å². The average Bonchev–Trinajstić information content (AvgIpc) is 2.68. The Morgan fingerprint density at radius 2 is 2.06 bits per heavy atom. The maximum atomic E-state index is 11.9. The second-order valence-electron chi connectivity index (χ2n) is 3.70. The van der Waals surface area contributed by atoms with Gasteiger partial charge < -0.3 is 4.74 Å². The number of amides is 1. The number of halogens is 3. The molecule has 1 aromatic carbocycles. The van der Waals surface area contributed by atoms with Crippen LogP contribution in [0.4, 0.5) is 23.7 Å². The van der Waals surface area contributed by atoms with Gasteiger partial charge in [0, 0.05) is 6.54 Å². The van der Waals surface area contributed by atoms with Crippen molar-refractivity contribution in [2.24, 2.45) is 0 Å². The number of para-hydroxylation sites is 1. The van der Waals surface area contributed by atoms with Gasteiger partial charge in [0.1, 0.15) is 0 Å². The van der Waals surface area contributed by atoms with Crippen LogP contribution in [-0.2, 0) is 11.2 Å². The van der Waals surface area contributed by atoms with E-state index in [9.17, 15) is 18.0 Å². The Morgan fingerprint density at radius 1 is 1.35 bits per heavy atom. The molecular formula is C11H10F3NO2. The van der Waals surface area contributed by atoms with Gasteiger partial charge in [0.05, 0.1) is 5.69 Å². The molecule has 0 fully saturated rings. The highest BCUT2D eigenvalue weighted by Crippen LogP contribution is 2.28. The SMILES string of the molecule is O=C(OCC(F)(F)F)N1CCc2ccccc21. The van der Waals surface area contributed by atoms with E-state index in [1.807, 2.05) is 12.1 Å². The monoisotopic (exact) mass is 245 g/mol. The van der Waals surface area contributed by atoms with Crippen LogP contribution in [0.1, 0.15) is 5.56 Å². The fourth-order valence-corrected chi connectivity index (χ4v) is 1.75. The molecular weight excluding hydrogens is 235 g/mol. The second kappa shape index (κ2) is 4.27. The number of carbonyl (C=O) groups excluding carboxylic acids is 1. The Kier molecular flexibility index (Phi) is 2.95. The van der Waals surface area contributed by atoms with Crippen molar-refractivity contribution < 1.29 is 22.7 Å². The average molecular weight is 245 g/mol. The molecule has 0 saturated heterocycles. The van der Waals surface area contributed by atoms with E-state index in [4.69, 9.17) is 0 Å². The number of alkyl halides is 3. The minimum absolute atomic E-state index is 0.357. The molecule has 92 valence electrons. The summed E-state index contributed by atoms with van der Waals surface area (Å²) >= 11 is 0. The van der Waals surface area contributed by atoms with Gasteiger partial charge in [0.25, 0.3) is 0 Å². The summed E-state index contributed by atoms with van der Waals surface area (Å²) in [6, 6.07) is 7.08. The molecule has 3 nitrogen and oxygen atoms in total. The van der Waals surface area contributed by atoms with E-state index < -0.39 is 18.9 Å². The highest BCUT2D eigenvalue weighted by molar-refractivity contribution is 5.90. The summed E-state index contributed by atoms with van der Waals surface area (Å²) in [6.07, 6.45) is -4.81. The lowest BCUT2D eigenvalue weighted by Gasteiger charge is -2.17. The fraction of sp³-hybridized carbons (Fsp3) is 0.364. The van der Waals surface area contributed by atoms with Crippen LogP contribution in [0, 0.1) is 0 Å². The van der Waals surface area contributed by atoms with Crippen LogP contribution < -0.4 is 4.90 Å². The molecule has 0 bridgehead atoms. The van der Waals surface area contributed by atoms with Crippen molar-refractivity contribution in [2.75, 3.05) is 18.1 Å². The molecule has 0 radical (unpaired) electrons. The molecule has 0 N–H and O–H groups in total. The summed E-state index contributed by atoms with van der Waals surface area (Å²) in [6.45, 7) is -1.19. The van der Waals surface area contributed by atoms with Gasteiger partial charge in [-0.05, 0) is 18.1 Å². The van der Waals surface area contributed by atoms with Crippen LogP contribution in [0.2, 0.25) is 0 Å². The summed E-state index contributed by atoms with van der Waals surface area (Å²) in [5.74, 6) is 0. The van der Waals surface area contributed by atoms with E-state index in [-0.39, 0.29) is 0 Å². The minimum Gasteiger partial charge on any atom is -0.439 e. The molecule has 0 unspecified atom stereocenters. The largest absolute Gasteiger partial charge is 0.439 e. The topological polar surface area (TPSA) is 29.5 Å². The number of anilines is 1. The van der Waals surface area contributed by atoms with Crippen LogP contribution >= 0.6 is 0 Å². The summed E-state index contributed by atoms with van der Waals surface area (Å²) < 4.78 is 39.9. The first-order valence-electron chi connectivity index (χ1n) is 5.06. The number of fused-ring (bicyclic) bond motifs is 1. The van der Waals surface area contributed by atoms with Gasteiger partial charge >= 0.3 is 12.3 Å². The van der Waals surface area contributed by atoms with Crippen LogP contribution in [0.15, 0.2) is 24.3 Å². The number of hydrogen-bond donors (Lipinski definition) is 0. The van der Waals surface area contributed by atoms with Crippen molar-refractivity contribution in [1.82, 2.24) is 0 Å². The number of rotatable bonds is 1. The molecule has 1 heterocycles. The predicted molar refractivity (Wildman–Crippen MR) is 54.9 cm³/mol. The molecule has 1 amide bonds. The lowest BCUT2D eigenvalue weighted by molar-refractivity contribution is -0.159. The van der Waals surface area contributed by atoms with E-state index in [2.05, 4.69) is 4.74 Å². The molecule has 0 aliphatic carbocycles. The Balaban J connectivity index is 2.03. The van der Waals surface area contributed by atoms with E-state index in [0.29, 0.717) is 18.7 Å². The van der Waals surface area contributed by atoms with Crippen LogP contribution in [-0.4, -0.2) is 25.4 Å². The fourth-order valence-electron chi connectivity index (χ4n) is 1.75. The van der Waals surface area contributed by atoms with Crippen LogP contribution in [0.5, 0.6) is 0 Å². The van der Waals surface area contributed by atoms with Crippen molar-refractivity contribution in [2.45, 2.75) is 12.6 Å². The molecule has 0 saturated carbocycles. The molecule has 17 heavy (non-hydrogen) atoms. The number of nitrogens with zero attached hydrogens (tertiary/aromatic N) is 1. The maximum absolute atomic E-state index is 11.9. The first-order chi connectivity index (χ1) is 7.97. The van der Waals surface area contributed by atoms with E-state index in [1.54, 1.807) is 12.1 Å². The normalized spacial score (nSPS) is 14.6. The van der Waals surface area contributed by atoms with Gasteiger partial charge in [-0.1, -0.05) is 18.2 Å². The van der Waals surface area contributed by atoms with Gasteiger partial charge in [-0.15, -0.1) is 0 Å². The highest BCUT2D eigenvalue weighted by atomic mass is 19.4. The smallest absolute Gasteiger partial charge is 0.422 e. The zero-order valence-corrected chi connectivity index (χ0v) is 8.83. The van der Waals surface area contributed by atoms with Gasteiger partial charge in [0.15, 0.2) is 6.61 Å². The molecule has 1 aliphatic rings. The zero-order chi connectivity index (χ0) is 12.5. The summed E-state index contributed by atoms with van der Waals surface area (Å²) in [4.78, 5) is 12.7. The summed E-state index contributed by atoms with van der Waals surface area (Å²) in [7, 11) is 0. The van der Waals surface area contributed by atoms with Gasteiger partial charge in [-0.25, -0.2) is 4.79 Å². The van der Waals surface area contributed by atoms with E-state index in [0.717, 1.165) is 5.56 Å². The number of ether oxygens (including phenoxy) is 1. The summed E-state index contributed by atoms with van der Waals surface area (Å²) in [5.41, 5.74) is 1.57. The Bertz CT molecular complexity index is 431. The minimum atomic E-state index is -4.49. The van der Waals surface area contributed by atoms with Gasteiger partial charge in [-0.2, -0.15) is 13.2 Å². The quantitative estimate of drug-likeness (QED) is 0.761. The lowest BCUT2D eigenvalue weighted by Crippen LogP contribution is -2.32. The third-order valence-electron chi connectivity index (χ3n) is 2.47. The first kappa shape index (κ1) is 11.8. The van der Waals surface area contributed by atoms with E-state index in [1.165, 1.54) is 4.90 Å². The third kappa shape index (κ3) is 2.69. The molecule has 0 atom stereocenters. The number of hydrogen-bond acceptors (Lipinski definition) is 2.